The fourth-order valence-electron chi connectivity index (χ4n) is 3.53. The van der Waals surface area contributed by atoms with E-state index < -0.39 is 0 Å². The maximum Gasteiger partial charge on any atom is 0.238 e. The summed E-state index contributed by atoms with van der Waals surface area (Å²) in [5.41, 5.74) is 1.73. The summed E-state index contributed by atoms with van der Waals surface area (Å²) >= 11 is 0. The fraction of sp³-hybridized carbons (Fsp3) is 0.412. The molecule has 1 aliphatic carbocycles. The molecule has 2 aromatic rings. The van der Waals surface area contributed by atoms with Crippen molar-refractivity contribution in [1.29, 1.82) is 0 Å². The maximum atomic E-state index is 12.2. The minimum atomic E-state index is 0.0633. The van der Waals surface area contributed by atoms with Gasteiger partial charge in [0.1, 0.15) is 0 Å². The Hall–Kier alpha value is -1.94. The van der Waals surface area contributed by atoms with Gasteiger partial charge in [-0.1, -0.05) is 18.2 Å². The number of para-hydroxylation sites is 1. The van der Waals surface area contributed by atoms with E-state index in [-0.39, 0.29) is 5.91 Å². The van der Waals surface area contributed by atoms with Crippen LogP contribution in [0, 0.1) is 11.8 Å². The van der Waals surface area contributed by atoms with Crippen molar-refractivity contribution in [2.75, 3.05) is 25.0 Å². The largest absolute Gasteiger partial charge is 0.324 e. The van der Waals surface area contributed by atoms with Gasteiger partial charge in [-0.3, -0.25) is 14.7 Å². The predicted molar refractivity (Wildman–Crippen MR) is 83.0 cm³/mol. The van der Waals surface area contributed by atoms with Crippen LogP contribution in [-0.2, 0) is 4.79 Å². The van der Waals surface area contributed by atoms with Crippen molar-refractivity contribution in [3.8, 4) is 0 Å². The number of nitrogens with one attached hydrogen (secondary N) is 1. The second-order valence-electron chi connectivity index (χ2n) is 6.26. The predicted octanol–water partition coefficient (Wildman–Crippen LogP) is 2.52. The summed E-state index contributed by atoms with van der Waals surface area (Å²) in [6.45, 7) is 2.68. The first-order chi connectivity index (χ1) is 10.3. The zero-order chi connectivity index (χ0) is 14.2. The van der Waals surface area contributed by atoms with E-state index in [1.165, 1.54) is 12.8 Å². The number of anilines is 1. The van der Waals surface area contributed by atoms with Crippen LogP contribution in [-0.4, -0.2) is 35.4 Å². The van der Waals surface area contributed by atoms with E-state index in [2.05, 4.69) is 15.2 Å². The average Bonchev–Trinajstić information content (AvgIpc) is 2.74. The molecule has 0 radical (unpaired) electrons. The normalized spacial score (nSPS) is 24.6. The smallest absolute Gasteiger partial charge is 0.238 e. The summed E-state index contributed by atoms with van der Waals surface area (Å²) in [4.78, 5) is 18.8. The van der Waals surface area contributed by atoms with Gasteiger partial charge in [0.25, 0.3) is 0 Å². The van der Waals surface area contributed by atoms with Crippen LogP contribution in [0.4, 0.5) is 5.69 Å². The standard InChI is InChI=1S/C17H19N3O/c21-17(11-20-9-13-5-6-14(13)10-20)19-15-7-12-3-1-2-4-16(12)18-8-15/h1-4,7-8,13-14H,5-6,9-11H2,(H,19,21)/t13-,14+. The van der Waals surface area contributed by atoms with Crippen molar-refractivity contribution in [2.24, 2.45) is 11.8 Å². The molecule has 1 saturated heterocycles. The van der Waals surface area contributed by atoms with Crippen LogP contribution < -0.4 is 5.32 Å². The molecule has 108 valence electrons. The summed E-state index contributed by atoms with van der Waals surface area (Å²) in [7, 11) is 0. The quantitative estimate of drug-likeness (QED) is 0.940. The highest BCUT2D eigenvalue weighted by Crippen LogP contribution is 2.40. The number of benzene rings is 1. The van der Waals surface area contributed by atoms with Crippen LogP contribution in [0.2, 0.25) is 0 Å². The molecule has 0 unspecified atom stereocenters. The topological polar surface area (TPSA) is 45.2 Å². The SMILES string of the molecule is O=C(CN1C[C@H]2CC[C@H]2C1)Nc1cnc2ccccc2c1. The number of rotatable bonds is 3. The fourth-order valence-corrected chi connectivity index (χ4v) is 3.53. The lowest BCUT2D eigenvalue weighted by Gasteiger charge is -2.28. The molecule has 4 heteroatoms. The van der Waals surface area contributed by atoms with Crippen molar-refractivity contribution >= 4 is 22.5 Å². The Morgan fingerprint density at radius 2 is 2.00 bits per heavy atom. The lowest BCUT2D eigenvalue weighted by atomic mass is 9.77. The molecule has 1 N–H and O–H groups in total. The second-order valence-corrected chi connectivity index (χ2v) is 6.26. The molecule has 0 bridgehead atoms. The van der Waals surface area contributed by atoms with Gasteiger partial charge in [0.05, 0.1) is 23.9 Å². The Bertz CT molecular complexity index is 673. The number of aromatic nitrogens is 1. The van der Waals surface area contributed by atoms with E-state index in [1.807, 2.05) is 30.3 Å². The van der Waals surface area contributed by atoms with Crippen LogP contribution >= 0.6 is 0 Å². The van der Waals surface area contributed by atoms with Gasteiger partial charge in [0, 0.05) is 18.5 Å². The molecule has 1 amide bonds. The molecule has 2 atom stereocenters. The van der Waals surface area contributed by atoms with Crippen molar-refractivity contribution in [3.63, 3.8) is 0 Å². The molecule has 4 nitrogen and oxygen atoms in total. The molecule has 21 heavy (non-hydrogen) atoms. The van der Waals surface area contributed by atoms with Crippen LogP contribution in [0.3, 0.4) is 0 Å². The molecule has 2 fully saturated rings. The monoisotopic (exact) mass is 281 g/mol. The van der Waals surface area contributed by atoms with Crippen LogP contribution in [0.1, 0.15) is 12.8 Å². The van der Waals surface area contributed by atoms with Crippen LogP contribution in [0.25, 0.3) is 10.9 Å². The van der Waals surface area contributed by atoms with E-state index >= 15 is 0 Å². The lowest BCUT2D eigenvalue weighted by molar-refractivity contribution is -0.117. The summed E-state index contributed by atoms with van der Waals surface area (Å²) in [6.07, 6.45) is 4.42. The minimum absolute atomic E-state index is 0.0633. The number of nitrogens with zero attached hydrogens (tertiary/aromatic N) is 2. The number of pyridine rings is 1. The van der Waals surface area contributed by atoms with Crippen LogP contribution in [0.15, 0.2) is 36.5 Å². The van der Waals surface area contributed by atoms with E-state index in [0.29, 0.717) is 6.54 Å². The Balaban J connectivity index is 1.40. The highest BCUT2D eigenvalue weighted by Gasteiger charge is 2.39. The van der Waals surface area contributed by atoms with Crippen molar-refractivity contribution in [2.45, 2.75) is 12.8 Å². The summed E-state index contributed by atoms with van der Waals surface area (Å²) < 4.78 is 0. The third-order valence-corrected chi connectivity index (χ3v) is 4.80. The zero-order valence-electron chi connectivity index (χ0n) is 12.0. The number of hydrogen-bond donors (Lipinski definition) is 1. The molecule has 0 spiro atoms. The van der Waals surface area contributed by atoms with Crippen molar-refractivity contribution < 1.29 is 4.79 Å². The summed E-state index contributed by atoms with van der Waals surface area (Å²) in [5, 5.41) is 4.02. The highest BCUT2D eigenvalue weighted by molar-refractivity contribution is 5.94. The first-order valence-corrected chi connectivity index (χ1v) is 7.65. The van der Waals surface area contributed by atoms with Gasteiger partial charge in [-0.05, 0) is 36.8 Å². The molecule has 2 aliphatic rings. The van der Waals surface area contributed by atoms with Crippen molar-refractivity contribution in [1.82, 2.24) is 9.88 Å². The third kappa shape index (κ3) is 2.51. The molecular formula is C17H19N3O. The molecular weight excluding hydrogens is 262 g/mol. The highest BCUT2D eigenvalue weighted by atomic mass is 16.2. The number of carbonyl (C=O) groups is 1. The third-order valence-electron chi connectivity index (χ3n) is 4.80. The van der Waals surface area contributed by atoms with Crippen molar-refractivity contribution in [3.05, 3.63) is 36.5 Å². The van der Waals surface area contributed by atoms with Gasteiger partial charge in [0.15, 0.2) is 0 Å². The Kier molecular flexibility index (Phi) is 3.11. The molecule has 1 aromatic heterocycles. The Morgan fingerprint density at radius 1 is 1.24 bits per heavy atom. The van der Waals surface area contributed by atoms with Gasteiger partial charge >= 0.3 is 0 Å². The number of carbonyl (C=O) groups excluding carboxylic acids is 1. The van der Waals surface area contributed by atoms with Gasteiger partial charge in [-0.2, -0.15) is 0 Å². The molecule has 1 saturated carbocycles. The van der Waals surface area contributed by atoms with E-state index in [1.54, 1.807) is 6.20 Å². The summed E-state index contributed by atoms with van der Waals surface area (Å²) in [5.74, 6) is 1.76. The first-order valence-electron chi connectivity index (χ1n) is 7.65. The summed E-state index contributed by atoms with van der Waals surface area (Å²) in [6, 6.07) is 9.91. The number of likely N-dealkylation sites (tertiary alicyclic amines) is 1. The molecule has 4 rings (SSSR count). The molecule has 1 aliphatic heterocycles. The van der Waals surface area contributed by atoms with E-state index in [4.69, 9.17) is 0 Å². The number of amides is 1. The van der Waals surface area contributed by atoms with E-state index in [9.17, 15) is 4.79 Å². The molecule has 2 heterocycles. The maximum absolute atomic E-state index is 12.2. The van der Waals surface area contributed by atoms with Crippen LogP contribution in [0.5, 0.6) is 0 Å². The Morgan fingerprint density at radius 3 is 2.76 bits per heavy atom. The van der Waals surface area contributed by atoms with Gasteiger partial charge in [-0.15, -0.1) is 0 Å². The average molecular weight is 281 g/mol. The number of hydrogen-bond acceptors (Lipinski definition) is 3. The zero-order valence-corrected chi connectivity index (χ0v) is 12.0. The van der Waals surface area contributed by atoms with Gasteiger partial charge < -0.3 is 5.32 Å². The number of fused-ring (bicyclic) bond motifs is 2. The van der Waals surface area contributed by atoms with E-state index in [0.717, 1.165) is 41.5 Å². The van der Waals surface area contributed by atoms with Gasteiger partial charge in [0.2, 0.25) is 5.91 Å². The molecule has 1 aromatic carbocycles. The minimum Gasteiger partial charge on any atom is -0.324 e. The second kappa shape index (κ2) is 5.11. The van der Waals surface area contributed by atoms with Gasteiger partial charge in [-0.25, -0.2) is 0 Å². The first kappa shape index (κ1) is 12.8. The Labute approximate surface area is 124 Å². The lowest BCUT2D eigenvalue weighted by Crippen LogP contribution is -2.31.